The Morgan fingerprint density at radius 1 is 1.05 bits per heavy atom. The predicted octanol–water partition coefficient (Wildman–Crippen LogP) is 5.98. The highest BCUT2D eigenvalue weighted by Crippen LogP contribution is 2.38. The molecule has 38 heavy (non-hydrogen) atoms. The van der Waals surface area contributed by atoms with Crippen molar-refractivity contribution in [3.8, 4) is 17.1 Å². The monoisotopic (exact) mass is 530 g/mol. The number of carbonyl (C=O) groups excluding carboxylic acids is 1. The minimum atomic E-state index is -4.18. The second kappa shape index (κ2) is 10.8. The van der Waals surface area contributed by atoms with Gasteiger partial charge in [-0.05, 0) is 56.2 Å². The van der Waals surface area contributed by atoms with Crippen molar-refractivity contribution >= 4 is 17.4 Å². The van der Waals surface area contributed by atoms with Crippen molar-refractivity contribution in [1.82, 2.24) is 14.0 Å². The van der Waals surface area contributed by atoms with Crippen LogP contribution in [0, 0.1) is 5.92 Å². The number of unbranched alkanes of at least 4 members (excludes halogenated alkanes) is 2. The molecule has 0 radical (unpaired) electrons. The summed E-state index contributed by atoms with van der Waals surface area (Å²) >= 11 is 0. The summed E-state index contributed by atoms with van der Waals surface area (Å²) in [4.78, 5) is 31.6. The van der Waals surface area contributed by atoms with E-state index in [1.54, 1.807) is 11.1 Å². The van der Waals surface area contributed by atoms with E-state index in [1.807, 2.05) is 28.8 Å². The number of hydrogen-bond donors (Lipinski definition) is 0. The number of aryl methyl sites for hydroxylation is 1. The third-order valence-corrected chi connectivity index (χ3v) is 7.65. The van der Waals surface area contributed by atoms with Gasteiger partial charge in [0.25, 0.3) is 5.56 Å². The topological polar surface area (TPSA) is 68.8 Å². The van der Waals surface area contributed by atoms with Crippen LogP contribution in [-0.2, 0) is 11.3 Å². The van der Waals surface area contributed by atoms with Gasteiger partial charge in [0.2, 0.25) is 17.6 Å². The van der Waals surface area contributed by atoms with Gasteiger partial charge in [-0.2, -0.15) is 18.2 Å². The molecule has 1 aliphatic heterocycles. The Morgan fingerprint density at radius 2 is 1.79 bits per heavy atom. The largest absolute Gasteiger partial charge is 0.474 e. The second-order valence-electron chi connectivity index (χ2n) is 10.3. The minimum absolute atomic E-state index is 0.0198. The first-order chi connectivity index (χ1) is 18.2. The van der Waals surface area contributed by atoms with Crippen LogP contribution in [0.5, 0.6) is 5.88 Å². The number of benzene rings is 1. The summed E-state index contributed by atoms with van der Waals surface area (Å²) in [6.07, 6.45) is 2.16. The fraction of sp³-hybridized carbons (Fsp3) is 0.536. The van der Waals surface area contributed by atoms with Crippen molar-refractivity contribution in [2.75, 3.05) is 11.4 Å². The minimum Gasteiger partial charge on any atom is -0.474 e. The van der Waals surface area contributed by atoms with Crippen molar-refractivity contribution in [3.05, 3.63) is 46.9 Å². The molecule has 1 saturated heterocycles. The summed E-state index contributed by atoms with van der Waals surface area (Å²) < 4.78 is 48.5. The van der Waals surface area contributed by atoms with Crippen LogP contribution in [0.3, 0.4) is 0 Å². The van der Waals surface area contributed by atoms with Crippen LogP contribution in [0.2, 0.25) is 0 Å². The molecule has 0 N–H and O–H groups in total. The van der Waals surface area contributed by atoms with Crippen LogP contribution < -0.4 is 15.2 Å². The van der Waals surface area contributed by atoms with E-state index in [0.29, 0.717) is 18.7 Å². The van der Waals surface area contributed by atoms with Crippen LogP contribution in [0.25, 0.3) is 17.0 Å². The molecular weight excluding hydrogens is 497 g/mol. The number of nitrogens with zero attached hydrogens (tertiary/aromatic N) is 4. The zero-order valence-electron chi connectivity index (χ0n) is 21.5. The zero-order chi connectivity index (χ0) is 26.9. The highest BCUT2D eigenvalue weighted by atomic mass is 19.4. The molecule has 0 bridgehead atoms. The van der Waals surface area contributed by atoms with E-state index in [4.69, 9.17) is 4.74 Å². The van der Waals surface area contributed by atoms with Crippen molar-refractivity contribution in [2.24, 2.45) is 5.92 Å². The van der Waals surface area contributed by atoms with Gasteiger partial charge in [-0.3, -0.25) is 14.0 Å². The van der Waals surface area contributed by atoms with E-state index in [0.717, 1.165) is 49.2 Å². The van der Waals surface area contributed by atoms with Crippen molar-refractivity contribution in [3.63, 3.8) is 0 Å². The van der Waals surface area contributed by atoms with Crippen LogP contribution in [0.4, 0.5) is 18.9 Å². The maximum atomic E-state index is 13.1. The average Bonchev–Trinajstić information content (AvgIpc) is 3.48. The van der Waals surface area contributed by atoms with Crippen LogP contribution in [0.15, 0.2) is 41.3 Å². The Balaban J connectivity index is 1.43. The molecule has 2 aromatic heterocycles. The molecule has 10 heteroatoms. The number of halogens is 3. The van der Waals surface area contributed by atoms with Gasteiger partial charge < -0.3 is 14.2 Å². The second-order valence-corrected chi connectivity index (χ2v) is 10.3. The van der Waals surface area contributed by atoms with Crippen molar-refractivity contribution in [1.29, 1.82) is 0 Å². The molecular formula is C28H33F3N4O3. The number of imidazole rings is 1. The SMILES string of the molecule is CCCCCn1c(-c2ccc(N3CCCC3=O)cc2)cn2c(=O)cc(OC3CCC(C(F)(F)F)CC3)nc12. The Labute approximate surface area is 219 Å². The number of fused-ring (bicyclic) bond motifs is 1. The van der Waals surface area contributed by atoms with Crippen LogP contribution >= 0.6 is 0 Å². The highest BCUT2D eigenvalue weighted by molar-refractivity contribution is 5.95. The average molecular weight is 531 g/mol. The lowest BCUT2D eigenvalue weighted by atomic mass is 9.87. The molecule has 204 valence electrons. The molecule has 0 unspecified atom stereocenters. The first-order valence-electron chi connectivity index (χ1n) is 13.5. The summed E-state index contributed by atoms with van der Waals surface area (Å²) in [7, 11) is 0. The molecule has 3 heterocycles. The standard InChI is InChI=1S/C28H33F3N4O3/c1-2-3-4-15-34-23(19-7-11-21(12-8-19)33-16-5-6-25(33)36)18-35-26(37)17-24(32-27(34)35)38-22-13-9-20(10-14-22)28(29,30)31/h7-8,11-12,17-18,20,22H,2-6,9-10,13-16H2,1H3. The molecule has 3 aromatic rings. The summed E-state index contributed by atoms with van der Waals surface area (Å²) in [5.41, 5.74) is 2.28. The Hall–Kier alpha value is -3.30. The van der Waals surface area contributed by atoms with Gasteiger partial charge in [0.1, 0.15) is 6.10 Å². The van der Waals surface area contributed by atoms with Gasteiger partial charge in [-0.15, -0.1) is 0 Å². The fourth-order valence-corrected chi connectivity index (χ4v) is 5.51. The van der Waals surface area contributed by atoms with E-state index in [2.05, 4.69) is 11.9 Å². The quantitative estimate of drug-likeness (QED) is 0.336. The van der Waals surface area contributed by atoms with Gasteiger partial charge in [0.05, 0.1) is 17.7 Å². The zero-order valence-corrected chi connectivity index (χ0v) is 21.5. The van der Waals surface area contributed by atoms with Crippen molar-refractivity contribution < 1.29 is 22.7 Å². The number of ether oxygens (including phenoxy) is 1. The molecule has 2 fully saturated rings. The summed E-state index contributed by atoms with van der Waals surface area (Å²) in [6.45, 7) is 3.49. The molecule has 1 aliphatic carbocycles. The summed E-state index contributed by atoms with van der Waals surface area (Å²) in [6, 6.07) is 9.06. The van der Waals surface area contributed by atoms with E-state index in [9.17, 15) is 22.8 Å². The van der Waals surface area contributed by atoms with Gasteiger partial charge in [-0.25, -0.2) is 0 Å². The maximum Gasteiger partial charge on any atom is 0.391 e. The van der Waals surface area contributed by atoms with Crippen LogP contribution in [0.1, 0.15) is 64.7 Å². The molecule has 0 spiro atoms. The lowest BCUT2D eigenvalue weighted by molar-refractivity contribution is -0.185. The molecule has 1 aromatic carbocycles. The van der Waals surface area contributed by atoms with E-state index in [1.165, 1.54) is 10.5 Å². The lowest BCUT2D eigenvalue weighted by Crippen LogP contribution is -2.32. The highest BCUT2D eigenvalue weighted by Gasteiger charge is 2.41. The van der Waals surface area contributed by atoms with E-state index >= 15 is 0 Å². The Kier molecular flexibility index (Phi) is 7.49. The number of alkyl halides is 3. The van der Waals surface area contributed by atoms with Gasteiger partial charge in [0, 0.05) is 31.4 Å². The Bertz CT molecular complexity index is 1340. The first-order valence-corrected chi connectivity index (χ1v) is 13.5. The molecule has 2 aliphatic rings. The normalized spacial score (nSPS) is 20.4. The van der Waals surface area contributed by atoms with E-state index < -0.39 is 18.2 Å². The molecule has 7 nitrogen and oxygen atoms in total. The number of carbonyl (C=O) groups is 1. The number of rotatable bonds is 8. The third kappa shape index (κ3) is 5.44. The van der Waals surface area contributed by atoms with Gasteiger partial charge >= 0.3 is 6.18 Å². The molecule has 1 saturated carbocycles. The molecule has 1 amide bonds. The smallest absolute Gasteiger partial charge is 0.391 e. The Morgan fingerprint density at radius 3 is 2.42 bits per heavy atom. The maximum absolute atomic E-state index is 13.1. The lowest BCUT2D eigenvalue weighted by Gasteiger charge is -2.29. The van der Waals surface area contributed by atoms with Crippen LogP contribution in [-0.4, -0.2) is 38.7 Å². The fourth-order valence-electron chi connectivity index (χ4n) is 5.51. The summed E-state index contributed by atoms with van der Waals surface area (Å²) in [5.74, 6) is -0.575. The van der Waals surface area contributed by atoms with Gasteiger partial charge in [-0.1, -0.05) is 31.9 Å². The number of aromatic nitrogens is 3. The predicted molar refractivity (Wildman–Crippen MR) is 138 cm³/mol. The number of anilines is 1. The number of hydrogen-bond acceptors (Lipinski definition) is 4. The van der Waals surface area contributed by atoms with Crippen molar-refractivity contribution in [2.45, 2.75) is 83.5 Å². The third-order valence-electron chi connectivity index (χ3n) is 7.65. The molecule has 0 atom stereocenters. The molecule has 5 rings (SSSR count). The summed E-state index contributed by atoms with van der Waals surface area (Å²) in [5, 5.41) is 0. The van der Waals surface area contributed by atoms with E-state index in [-0.39, 0.29) is 43.0 Å². The van der Waals surface area contributed by atoms with Gasteiger partial charge in [0.15, 0.2) is 0 Å². The number of amides is 1. The first kappa shape index (κ1) is 26.3.